The Morgan fingerprint density at radius 3 is 2.72 bits per heavy atom. The first-order chi connectivity index (χ1) is 12.2. The third-order valence-electron chi connectivity index (χ3n) is 4.32. The number of amides is 1. The molecular formula is C20H18N2O2S. The molecular weight excluding hydrogens is 332 g/mol. The molecule has 0 radical (unpaired) electrons. The van der Waals surface area contributed by atoms with Crippen LogP contribution < -0.4 is 4.90 Å². The van der Waals surface area contributed by atoms with E-state index in [1.54, 1.807) is 0 Å². The maximum absolute atomic E-state index is 13.2. The third kappa shape index (κ3) is 3.07. The van der Waals surface area contributed by atoms with E-state index in [0.717, 1.165) is 34.0 Å². The summed E-state index contributed by atoms with van der Waals surface area (Å²) in [5.41, 5.74) is 2.92. The second-order valence-corrected chi connectivity index (χ2v) is 7.11. The Balaban J connectivity index is 1.68. The van der Waals surface area contributed by atoms with Crippen LogP contribution in [-0.4, -0.2) is 17.6 Å². The molecule has 1 aromatic heterocycles. The van der Waals surface area contributed by atoms with Crippen LogP contribution in [0.5, 0.6) is 0 Å². The van der Waals surface area contributed by atoms with Crippen molar-refractivity contribution < 1.29 is 9.32 Å². The van der Waals surface area contributed by atoms with Gasteiger partial charge in [-0.05, 0) is 43.5 Å². The maximum atomic E-state index is 13.2. The van der Waals surface area contributed by atoms with Gasteiger partial charge in [0.1, 0.15) is 0 Å². The molecule has 0 fully saturated rings. The van der Waals surface area contributed by atoms with Crippen LogP contribution in [0.15, 0.2) is 68.9 Å². The van der Waals surface area contributed by atoms with E-state index in [1.807, 2.05) is 60.4 Å². The quantitative estimate of drug-likeness (QED) is 0.685. The lowest BCUT2D eigenvalue weighted by atomic mass is 10.0. The van der Waals surface area contributed by atoms with Gasteiger partial charge in [-0.3, -0.25) is 4.79 Å². The molecule has 0 unspecified atom stereocenters. The highest BCUT2D eigenvalue weighted by Gasteiger charge is 2.29. The van der Waals surface area contributed by atoms with Crippen LogP contribution in [0.2, 0.25) is 0 Å². The smallest absolute Gasteiger partial charge is 0.298 e. The summed E-state index contributed by atoms with van der Waals surface area (Å²) in [4.78, 5) is 16.8. The van der Waals surface area contributed by atoms with E-state index in [2.05, 4.69) is 11.2 Å². The average molecular weight is 350 g/mol. The average Bonchev–Trinajstić information content (AvgIpc) is 3.02. The molecule has 1 amide bonds. The SMILES string of the molecule is Cc1noc(C(=O)N2CCCc3ccccc32)c1Sc1ccccc1. The van der Waals surface area contributed by atoms with Gasteiger partial charge in [-0.1, -0.05) is 53.3 Å². The van der Waals surface area contributed by atoms with Crippen molar-refractivity contribution >= 4 is 23.4 Å². The van der Waals surface area contributed by atoms with E-state index in [4.69, 9.17) is 4.52 Å². The summed E-state index contributed by atoms with van der Waals surface area (Å²) in [7, 11) is 0. The Morgan fingerprint density at radius 2 is 1.88 bits per heavy atom. The van der Waals surface area contributed by atoms with Gasteiger partial charge >= 0.3 is 0 Å². The number of rotatable bonds is 3. The molecule has 4 nitrogen and oxygen atoms in total. The van der Waals surface area contributed by atoms with Gasteiger partial charge in [0.2, 0.25) is 5.76 Å². The number of fused-ring (bicyclic) bond motifs is 1. The predicted molar refractivity (Wildman–Crippen MR) is 98.2 cm³/mol. The van der Waals surface area contributed by atoms with Gasteiger partial charge in [0.05, 0.1) is 10.6 Å². The summed E-state index contributed by atoms with van der Waals surface area (Å²) in [6.45, 7) is 2.57. The van der Waals surface area contributed by atoms with Crippen molar-refractivity contribution in [1.29, 1.82) is 0 Å². The first-order valence-corrected chi connectivity index (χ1v) is 9.14. The monoisotopic (exact) mass is 350 g/mol. The summed E-state index contributed by atoms with van der Waals surface area (Å²) < 4.78 is 5.44. The van der Waals surface area contributed by atoms with Crippen LogP contribution in [0.4, 0.5) is 5.69 Å². The maximum Gasteiger partial charge on any atom is 0.298 e. The molecule has 4 rings (SSSR count). The van der Waals surface area contributed by atoms with Crippen molar-refractivity contribution in [3.8, 4) is 0 Å². The van der Waals surface area contributed by atoms with Gasteiger partial charge in [0.25, 0.3) is 5.91 Å². The molecule has 25 heavy (non-hydrogen) atoms. The Kier molecular flexibility index (Phi) is 4.32. The Labute approximate surface area is 150 Å². The van der Waals surface area contributed by atoms with Crippen LogP contribution >= 0.6 is 11.8 Å². The van der Waals surface area contributed by atoms with Crippen molar-refractivity contribution in [3.05, 3.63) is 71.6 Å². The zero-order chi connectivity index (χ0) is 17.2. The minimum Gasteiger partial charge on any atom is -0.349 e. The fourth-order valence-electron chi connectivity index (χ4n) is 3.09. The lowest BCUT2D eigenvalue weighted by molar-refractivity contribution is 0.0945. The number of hydrogen-bond donors (Lipinski definition) is 0. The van der Waals surface area contributed by atoms with E-state index in [1.165, 1.54) is 17.3 Å². The number of carbonyl (C=O) groups is 1. The summed E-state index contributed by atoms with van der Waals surface area (Å²) >= 11 is 1.52. The standard InChI is InChI=1S/C20H18N2O2S/c1-14-19(25-16-10-3-2-4-11-16)18(24-21-14)20(23)22-13-7-9-15-8-5-6-12-17(15)22/h2-6,8,10-12H,7,9,13H2,1H3. The zero-order valence-corrected chi connectivity index (χ0v) is 14.8. The minimum atomic E-state index is -0.119. The van der Waals surface area contributed by atoms with Gasteiger partial charge in [-0.15, -0.1) is 0 Å². The topological polar surface area (TPSA) is 46.3 Å². The lowest BCUT2D eigenvalue weighted by Gasteiger charge is -2.28. The van der Waals surface area contributed by atoms with Gasteiger partial charge in [0, 0.05) is 17.1 Å². The number of hydrogen-bond acceptors (Lipinski definition) is 4. The molecule has 5 heteroatoms. The Hall–Kier alpha value is -2.53. The van der Waals surface area contributed by atoms with Gasteiger partial charge in [-0.25, -0.2) is 0 Å². The molecule has 126 valence electrons. The van der Waals surface area contributed by atoms with E-state index in [0.29, 0.717) is 12.3 Å². The van der Waals surface area contributed by atoms with Gasteiger partial charge < -0.3 is 9.42 Å². The molecule has 0 bridgehead atoms. The molecule has 0 N–H and O–H groups in total. The highest BCUT2D eigenvalue weighted by atomic mass is 32.2. The molecule has 2 heterocycles. The molecule has 0 atom stereocenters. The normalized spacial score (nSPS) is 13.6. The summed E-state index contributed by atoms with van der Waals surface area (Å²) in [5.74, 6) is 0.203. The molecule has 0 aliphatic carbocycles. The van der Waals surface area contributed by atoms with Crippen LogP contribution in [0, 0.1) is 6.92 Å². The number of anilines is 1. The minimum absolute atomic E-state index is 0.119. The number of nitrogens with zero attached hydrogens (tertiary/aromatic N) is 2. The van der Waals surface area contributed by atoms with E-state index >= 15 is 0 Å². The van der Waals surface area contributed by atoms with Crippen molar-refractivity contribution in [2.75, 3.05) is 11.4 Å². The zero-order valence-electron chi connectivity index (χ0n) is 13.9. The lowest BCUT2D eigenvalue weighted by Crippen LogP contribution is -2.35. The molecule has 2 aromatic carbocycles. The van der Waals surface area contributed by atoms with Gasteiger partial charge in [-0.2, -0.15) is 0 Å². The second kappa shape index (κ2) is 6.76. The number of aryl methyl sites for hydroxylation is 2. The molecule has 3 aromatic rings. The first kappa shape index (κ1) is 16.0. The largest absolute Gasteiger partial charge is 0.349 e. The van der Waals surface area contributed by atoms with E-state index in [9.17, 15) is 4.79 Å². The number of benzene rings is 2. The Bertz CT molecular complexity index is 905. The van der Waals surface area contributed by atoms with E-state index in [-0.39, 0.29) is 5.91 Å². The van der Waals surface area contributed by atoms with Crippen LogP contribution in [0.1, 0.15) is 28.2 Å². The van der Waals surface area contributed by atoms with Crippen molar-refractivity contribution in [2.24, 2.45) is 0 Å². The van der Waals surface area contributed by atoms with Gasteiger partial charge in [0.15, 0.2) is 0 Å². The number of carbonyl (C=O) groups excluding carboxylic acids is 1. The highest BCUT2D eigenvalue weighted by molar-refractivity contribution is 7.99. The molecule has 0 saturated heterocycles. The van der Waals surface area contributed by atoms with Crippen molar-refractivity contribution in [3.63, 3.8) is 0 Å². The van der Waals surface area contributed by atoms with Crippen molar-refractivity contribution in [2.45, 2.75) is 29.6 Å². The van der Waals surface area contributed by atoms with Crippen LogP contribution in [-0.2, 0) is 6.42 Å². The number of para-hydroxylation sites is 1. The van der Waals surface area contributed by atoms with Crippen molar-refractivity contribution in [1.82, 2.24) is 5.16 Å². The van der Waals surface area contributed by atoms with Crippen LogP contribution in [0.25, 0.3) is 0 Å². The summed E-state index contributed by atoms with van der Waals surface area (Å²) in [6, 6.07) is 18.0. The molecule has 1 aliphatic heterocycles. The molecule has 0 spiro atoms. The fraction of sp³-hybridized carbons (Fsp3) is 0.200. The molecule has 1 aliphatic rings. The Morgan fingerprint density at radius 1 is 1.12 bits per heavy atom. The first-order valence-electron chi connectivity index (χ1n) is 8.33. The second-order valence-electron chi connectivity index (χ2n) is 6.03. The fourth-order valence-corrected chi connectivity index (χ4v) is 4.02. The van der Waals surface area contributed by atoms with Crippen LogP contribution in [0.3, 0.4) is 0 Å². The summed E-state index contributed by atoms with van der Waals surface area (Å²) in [5, 5.41) is 4.04. The third-order valence-corrected chi connectivity index (χ3v) is 5.51. The highest BCUT2D eigenvalue weighted by Crippen LogP contribution is 2.35. The van der Waals surface area contributed by atoms with E-state index < -0.39 is 0 Å². The predicted octanol–water partition coefficient (Wildman–Crippen LogP) is 4.73. The molecule has 0 saturated carbocycles. The number of aromatic nitrogens is 1. The summed E-state index contributed by atoms with van der Waals surface area (Å²) in [6.07, 6.45) is 1.96.